The van der Waals surface area contributed by atoms with Crippen LogP contribution in [0.2, 0.25) is 0 Å². The van der Waals surface area contributed by atoms with Crippen molar-refractivity contribution in [3.05, 3.63) is 29.3 Å². The van der Waals surface area contributed by atoms with Gasteiger partial charge in [-0.3, -0.25) is 9.63 Å². The van der Waals surface area contributed by atoms with Crippen molar-refractivity contribution in [1.29, 1.82) is 0 Å². The lowest BCUT2D eigenvalue weighted by molar-refractivity contribution is -0.0768. The molecule has 0 aliphatic carbocycles. The van der Waals surface area contributed by atoms with E-state index < -0.39 is 0 Å². The van der Waals surface area contributed by atoms with Crippen molar-refractivity contribution < 1.29 is 14.4 Å². The van der Waals surface area contributed by atoms with Crippen LogP contribution in [-0.2, 0) is 11.3 Å². The van der Waals surface area contributed by atoms with Gasteiger partial charge in [0.15, 0.2) is 0 Å². The van der Waals surface area contributed by atoms with Crippen LogP contribution in [0.4, 0.5) is 0 Å². The minimum absolute atomic E-state index is 0.0489. The average molecular weight is 219 g/mol. The van der Waals surface area contributed by atoms with Gasteiger partial charge in [-0.25, -0.2) is 5.06 Å². The van der Waals surface area contributed by atoms with Crippen molar-refractivity contribution in [3.8, 4) is 5.75 Å². The van der Waals surface area contributed by atoms with Gasteiger partial charge < -0.3 is 4.74 Å². The van der Waals surface area contributed by atoms with Gasteiger partial charge in [0.05, 0.1) is 19.8 Å². The Hall–Kier alpha value is -1.55. The van der Waals surface area contributed by atoms with Crippen LogP contribution >= 0.6 is 0 Å². The first-order chi connectivity index (χ1) is 7.84. The van der Waals surface area contributed by atoms with E-state index in [1.807, 2.05) is 12.1 Å². The van der Waals surface area contributed by atoms with Gasteiger partial charge in [0, 0.05) is 12.0 Å². The highest BCUT2D eigenvalue weighted by Gasteiger charge is 2.22. The molecule has 0 radical (unpaired) electrons. The standard InChI is InChI=1S/C12H13NO3/c14-12(13-5-1-6-16-13)10-2-3-11-9(8-10)4-7-15-11/h2-3,8H,1,4-7H2. The number of hydrogen-bond donors (Lipinski definition) is 0. The molecule has 1 aromatic carbocycles. The molecule has 0 unspecified atom stereocenters. The average Bonchev–Trinajstić information content (AvgIpc) is 2.98. The summed E-state index contributed by atoms with van der Waals surface area (Å²) >= 11 is 0. The van der Waals surface area contributed by atoms with Gasteiger partial charge in [-0.2, -0.15) is 0 Å². The van der Waals surface area contributed by atoms with Crippen LogP contribution in [-0.4, -0.2) is 30.7 Å². The molecule has 0 spiro atoms. The Morgan fingerprint density at radius 3 is 3.06 bits per heavy atom. The van der Waals surface area contributed by atoms with E-state index in [1.54, 1.807) is 6.07 Å². The molecule has 0 N–H and O–H groups in total. The Morgan fingerprint density at radius 1 is 1.31 bits per heavy atom. The van der Waals surface area contributed by atoms with Gasteiger partial charge in [-0.1, -0.05) is 0 Å². The summed E-state index contributed by atoms with van der Waals surface area (Å²) in [6.45, 7) is 2.04. The van der Waals surface area contributed by atoms with E-state index in [0.717, 1.165) is 24.2 Å². The van der Waals surface area contributed by atoms with Crippen molar-refractivity contribution in [2.24, 2.45) is 0 Å². The summed E-state index contributed by atoms with van der Waals surface area (Å²) in [5.41, 5.74) is 1.80. The first-order valence-electron chi connectivity index (χ1n) is 5.55. The second-order valence-electron chi connectivity index (χ2n) is 4.02. The van der Waals surface area contributed by atoms with E-state index in [4.69, 9.17) is 9.57 Å². The minimum atomic E-state index is -0.0489. The molecule has 4 heteroatoms. The molecule has 0 atom stereocenters. The van der Waals surface area contributed by atoms with Crippen LogP contribution in [0.15, 0.2) is 18.2 Å². The van der Waals surface area contributed by atoms with Crippen molar-refractivity contribution >= 4 is 5.91 Å². The largest absolute Gasteiger partial charge is 0.493 e. The zero-order valence-electron chi connectivity index (χ0n) is 8.94. The molecule has 2 aliphatic heterocycles. The van der Waals surface area contributed by atoms with Gasteiger partial charge in [-0.05, 0) is 30.2 Å². The van der Waals surface area contributed by atoms with Gasteiger partial charge in [0.25, 0.3) is 5.91 Å². The lowest BCUT2D eigenvalue weighted by atomic mass is 10.1. The van der Waals surface area contributed by atoms with Crippen molar-refractivity contribution in [2.45, 2.75) is 12.8 Å². The second-order valence-corrected chi connectivity index (χ2v) is 4.02. The van der Waals surface area contributed by atoms with Crippen LogP contribution < -0.4 is 4.74 Å². The van der Waals surface area contributed by atoms with Crippen molar-refractivity contribution in [1.82, 2.24) is 5.06 Å². The predicted molar refractivity (Wildman–Crippen MR) is 57.2 cm³/mol. The maximum atomic E-state index is 12.0. The third-order valence-corrected chi connectivity index (χ3v) is 2.92. The topological polar surface area (TPSA) is 38.8 Å². The zero-order chi connectivity index (χ0) is 11.0. The number of nitrogens with zero attached hydrogens (tertiary/aromatic N) is 1. The third-order valence-electron chi connectivity index (χ3n) is 2.92. The maximum absolute atomic E-state index is 12.0. The monoisotopic (exact) mass is 219 g/mol. The molecule has 1 amide bonds. The molecule has 1 aromatic rings. The number of ether oxygens (including phenoxy) is 1. The highest BCUT2D eigenvalue weighted by atomic mass is 16.7. The predicted octanol–water partition coefficient (Wildman–Crippen LogP) is 1.40. The Labute approximate surface area is 93.7 Å². The molecule has 0 saturated carbocycles. The summed E-state index contributed by atoms with van der Waals surface area (Å²) < 4.78 is 5.40. The molecule has 0 bridgehead atoms. The molecule has 3 rings (SSSR count). The van der Waals surface area contributed by atoms with E-state index in [9.17, 15) is 4.79 Å². The van der Waals surface area contributed by atoms with Gasteiger partial charge >= 0.3 is 0 Å². The zero-order valence-corrected chi connectivity index (χ0v) is 8.94. The second kappa shape index (κ2) is 3.79. The third kappa shape index (κ3) is 1.55. The van der Waals surface area contributed by atoms with Crippen LogP contribution in [0, 0.1) is 0 Å². The molecule has 16 heavy (non-hydrogen) atoms. The van der Waals surface area contributed by atoms with E-state index in [-0.39, 0.29) is 5.91 Å². The fourth-order valence-electron chi connectivity index (χ4n) is 2.07. The molecule has 84 valence electrons. The van der Waals surface area contributed by atoms with E-state index in [1.165, 1.54) is 5.06 Å². The van der Waals surface area contributed by atoms with E-state index in [2.05, 4.69) is 0 Å². The maximum Gasteiger partial charge on any atom is 0.277 e. The molecule has 0 aromatic heterocycles. The highest BCUT2D eigenvalue weighted by Crippen LogP contribution is 2.26. The SMILES string of the molecule is O=C(c1ccc2c(c1)CCO2)N1CCCO1. The molecular formula is C12H13NO3. The lowest BCUT2D eigenvalue weighted by Gasteiger charge is -2.14. The molecule has 1 fully saturated rings. The normalized spacial score (nSPS) is 18.4. The number of amides is 1. The summed E-state index contributed by atoms with van der Waals surface area (Å²) in [4.78, 5) is 17.2. The summed E-state index contributed by atoms with van der Waals surface area (Å²) in [5, 5.41) is 1.44. The quantitative estimate of drug-likeness (QED) is 0.716. The smallest absolute Gasteiger partial charge is 0.277 e. The van der Waals surface area contributed by atoms with Gasteiger partial charge in [0.1, 0.15) is 5.75 Å². The number of hydrogen-bond acceptors (Lipinski definition) is 3. The van der Waals surface area contributed by atoms with Crippen molar-refractivity contribution in [2.75, 3.05) is 19.8 Å². The Morgan fingerprint density at radius 2 is 2.25 bits per heavy atom. The summed E-state index contributed by atoms with van der Waals surface area (Å²) in [6.07, 6.45) is 1.80. The van der Waals surface area contributed by atoms with E-state index in [0.29, 0.717) is 25.3 Å². The van der Waals surface area contributed by atoms with Crippen LogP contribution in [0.3, 0.4) is 0 Å². The number of fused-ring (bicyclic) bond motifs is 1. The summed E-state index contributed by atoms with van der Waals surface area (Å²) in [7, 11) is 0. The first kappa shape index (κ1) is 9.66. The van der Waals surface area contributed by atoms with Crippen LogP contribution in [0.5, 0.6) is 5.75 Å². The fraction of sp³-hybridized carbons (Fsp3) is 0.417. The van der Waals surface area contributed by atoms with Crippen LogP contribution in [0.25, 0.3) is 0 Å². The fourth-order valence-corrected chi connectivity index (χ4v) is 2.07. The van der Waals surface area contributed by atoms with E-state index >= 15 is 0 Å². The molecule has 1 saturated heterocycles. The Kier molecular flexibility index (Phi) is 2.29. The van der Waals surface area contributed by atoms with Gasteiger partial charge in [0.2, 0.25) is 0 Å². The highest BCUT2D eigenvalue weighted by molar-refractivity contribution is 5.94. The molecular weight excluding hydrogens is 206 g/mol. The Bertz CT molecular complexity index is 424. The molecule has 4 nitrogen and oxygen atoms in total. The summed E-state index contributed by atoms with van der Waals surface area (Å²) in [6, 6.07) is 5.58. The minimum Gasteiger partial charge on any atom is -0.493 e. The molecule has 2 aliphatic rings. The Balaban J connectivity index is 1.86. The number of carbonyl (C=O) groups is 1. The summed E-state index contributed by atoms with van der Waals surface area (Å²) in [5.74, 6) is 0.853. The first-order valence-corrected chi connectivity index (χ1v) is 5.55. The van der Waals surface area contributed by atoms with Crippen molar-refractivity contribution in [3.63, 3.8) is 0 Å². The number of carbonyl (C=O) groups excluding carboxylic acids is 1. The lowest BCUT2D eigenvalue weighted by Crippen LogP contribution is -2.26. The van der Waals surface area contributed by atoms with Gasteiger partial charge in [-0.15, -0.1) is 0 Å². The molecule has 2 heterocycles. The number of benzene rings is 1. The number of hydroxylamine groups is 2. The number of rotatable bonds is 1. The van der Waals surface area contributed by atoms with Crippen LogP contribution in [0.1, 0.15) is 22.3 Å².